The standard InChI is InChI=1S/C13H21NO7/c1-4-9(15)21-8-7-14-11(16)10(12(17)19-5-2)13(18)20-6-3/h10H,4-8H2,1-3H3,(H,14,16). The summed E-state index contributed by atoms with van der Waals surface area (Å²) in [4.78, 5) is 46.0. The van der Waals surface area contributed by atoms with Crippen LogP contribution in [0.4, 0.5) is 0 Å². The predicted molar refractivity (Wildman–Crippen MR) is 71.0 cm³/mol. The third kappa shape index (κ3) is 7.28. The van der Waals surface area contributed by atoms with E-state index in [0.717, 1.165) is 0 Å². The van der Waals surface area contributed by atoms with Crippen LogP contribution in [0.3, 0.4) is 0 Å². The van der Waals surface area contributed by atoms with Crippen molar-refractivity contribution in [3.63, 3.8) is 0 Å². The lowest BCUT2D eigenvalue weighted by Gasteiger charge is -2.14. The third-order valence-corrected chi connectivity index (χ3v) is 2.26. The van der Waals surface area contributed by atoms with Crippen LogP contribution in [0.15, 0.2) is 0 Å². The van der Waals surface area contributed by atoms with Gasteiger partial charge in [-0.05, 0) is 13.8 Å². The van der Waals surface area contributed by atoms with E-state index in [9.17, 15) is 19.2 Å². The van der Waals surface area contributed by atoms with Crippen molar-refractivity contribution in [3.8, 4) is 0 Å². The molecule has 0 aromatic heterocycles. The predicted octanol–water partition coefficient (Wildman–Crippen LogP) is -0.202. The van der Waals surface area contributed by atoms with E-state index in [1.165, 1.54) is 0 Å². The monoisotopic (exact) mass is 303 g/mol. The number of hydrogen-bond donors (Lipinski definition) is 1. The zero-order chi connectivity index (χ0) is 16.3. The molecule has 1 amide bonds. The molecule has 0 aromatic rings. The number of rotatable bonds is 9. The molecule has 8 nitrogen and oxygen atoms in total. The van der Waals surface area contributed by atoms with Gasteiger partial charge in [0.2, 0.25) is 11.8 Å². The highest BCUT2D eigenvalue weighted by Crippen LogP contribution is 2.04. The molecule has 0 aliphatic rings. The molecule has 0 rings (SSSR count). The molecule has 0 fully saturated rings. The van der Waals surface area contributed by atoms with Gasteiger partial charge in [-0.3, -0.25) is 19.2 Å². The van der Waals surface area contributed by atoms with Gasteiger partial charge in [-0.15, -0.1) is 0 Å². The summed E-state index contributed by atoms with van der Waals surface area (Å²) in [5.74, 6) is -4.87. The maximum absolute atomic E-state index is 11.8. The minimum atomic E-state index is -1.67. The van der Waals surface area contributed by atoms with E-state index < -0.39 is 29.7 Å². The number of esters is 3. The van der Waals surface area contributed by atoms with Crippen molar-refractivity contribution < 1.29 is 33.4 Å². The number of hydrogen-bond acceptors (Lipinski definition) is 7. The molecular formula is C13H21NO7. The molecule has 0 aliphatic heterocycles. The second kappa shape index (κ2) is 10.6. The lowest BCUT2D eigenvalue weighted by molar-refractivity contribution is -0.164. The molecular weight excluding hydrogens is 282 g/mol. The number of carbonyl (C=O) groups excluding carboxylic acids is 4. The van der Waals surface area contributed by atoms with Crippen molar-refractivity contribution in [2.45, 2.75) is 27.2 Å². The molecule has 0 heterocycles. The average Bonchev–Trinajstić information content (AvgIpc) is 2.44. The Morgan fingerprint density at radius 3 is 1.86 bits per heavy atom. The Morgan fingerprint density at radius 1 is 0.905 bits per heavy atom. The molecule has 0 atom stereocenters. The normalized spacial score (nSPS) is 9.90. The van der Waals surface area contributed by atoms with Gasteiger partial charge in [0.1, 0.15) is 6.61 Å². The van der Waals surface area contributed by atoms with Crippen LogP contribution in [0.25, 0.3) is 0 Å². The lowest BCUT2D eigenvalue weighted by atomic mass is 10.1. The minimum Gasteiger partial charge on any atom is -0.465 e. The Hall–Kier alpha value is -2.12. The van der Waals surface area contributed by atoms with Gasteiger partial charge in [0, 0.05) is 6.42 Å². The summed E-state index contributed by atoms with van der Waals surface area (Å²) in [5, 5.41) is 2.32. The second-order valence-electron chi connectivity index (χ2n) is 3.80. The van der Waals surface area contributed by atoms with Gasteiger partial charge in [0.05, 0.1) is 19.8 Å². The fraction of sp³-hybridized carbons (Fsp3) is 0.692. The van der Waals surface area contributed by atoms with E-state index in [-0.39, 0.29) is 32.8 Å². The van der Waals surface area contributed by atoms with E-state index >= 15 is 0 Å². The number of ether oxygens (including phenoxy) is 3. The molecule has 0 spiro atoms. The van der Waals surface area contributed by atoms with Crippen LogP contribution in [0.1, 0.15) is 27.2 Å². The molecule has 0 saturated heterocycles. The van der Waals surface area contributed by atoms with Gasteiger partial charge in [-0.25, -0.2) is 0 Å². The summed E-state index contributed by atoms with van der Waals surface area (Å²) in [6.07, 6.45) is 0.224. The Kier molecular flexibility index (Phi) is 9.57. The van der Waals surface area contributed by atoms with Crippen LogP contribution in [0.5, 0.6) is 0 Å². The van der Waals surface area contributed by atoms with Crippen molar-refractivity contribution in [1.29, 1.82) is 0 Å². The Bertz CT molecular complexity index is 363. The summed E-state index contributed by atoms with van der Waals surface area (Å²) in [6, 6.07) is 0. The first-order chi connectivity index (χ1) is 9.97. The third-order valence-electron chi connectivity index (χ3n) is 2.26. The van der Waals surface area contributed by atoms with Crippen molar-refractivity contribution in [2.75, 3.05) is 26.4 Å². The Labute approximate surface area is 123 Å². The average molecular weight is 303 g/mol. The van der Waals surface area contributed by atoms with Crippen LogP contribution in [0.2, 0.25) is 0 Å². The SMILES string of the molecule is CCOC(=O)C(C(=O)NCCOC(=O)CC)C(=O)OCC. The van der Waals surface area contributed by atoms with E-state index in [1.54, 1.807) is 20.8 Å². The smallest absolute Gasteiger partial charge is 0.330 e. The molecule has 0 unspecified atom stereocenters. The highest BCUT2D eigenvalue weighted by molar-refractivity contribution is 6.14. The van der Waals surface area contributed by atoms with Gasteiger partial charge >= 0.3 is 17.9 Å². The van der Waals surface area contributed by atoms with Crippen molar-refractivity contribution >= 4 is 23.8 Å². The molecule has 1 N–H and O–H groups in total. The molecule has 120 valence electrons. The minimum absolute atomic E-state index is 0.0140. The second-order valence-corrected chi connectivity index (χ2v) is 3.80. The van der Waals surface area contributed by atoms with E-state index in [0.29, 0.717) is 0 Å². The van der Waals surface area contributed by atoms with Gasteiger partial charge < -0.3 is 19.5 Å². The van der Waals surface area contributed by atoms with E-state index in [4.69, 9.17) is 4.74 Å². The van der Waals surface area contributed by atoms with Gasteiger partial charge in [0.25, 0.3) is 0 Å². The number of amides is 1. The maximum atomic E-state index is 11.8. The van der Waals surface area contributed by atoms with Crippen molar-refractivity contribution in [1.82, 2.24) is 5.32 Å². The summed E-state index contributed by atoms with van der Waals surface area (Å²) >= 11 is 0. The largest absolute Gasteiger partial charge is 0.465 e. The van der Waals surface area contributed by atoms with Gasteiger partial charge in [-0.2, -0.15) is 0 Å². The van der Waals surface area contributed by atoms with Crippen LogP contribution < -0.4 is 5.32 Å². The fourth-order valence-electron chi connectivity index (χ4n) is 1.30. The Morgan fingerprint density at radius 2 is 1.43 bits per heavy atom. The maximum Gasteiger partial charge on any atom is 0.330 e. The first-order valence-corrected chi connectivity index (χ1v) is 6.74. The highest BCUT2D eigenvalue weighted by Gasteiger charge is 2.36. The first kappa shape index (κ1) is 18.9. The highest BCUT2D eigenvalue weighted by atomic mass is 16.6. The zero-order valence-electron chi connectivity index (χ0n) is 12.5. The summed E-state index contributed by atoms with van der Waals surface area (Å²) in [5.41, 5.74) is 0. The Balaban J connectivity index is 4.47. The van der Waals surface area contributed by atoms with Crippen LogP contribution >= 0.6 is 0 Å². The fourth-order valence-corrected chi connectivity index (χ4v) is 1.30. The van der Waals surface area contributed by atoms with E-state index in [2.05, 4.69) is 14.8 Å². The van der Waals surface area contributed by atoms with Crippen molar-refractivity contribution in [3.05, 3.63) is 0 Å². The molecule has 0 aliphatic carbocycles. The van der Waals surface area contributed by atoms with Crippen LogP contribution in [-0.2, 0) is 33.4 Å². The number of carbonyl (C=O) groups is 4. The molecule has 0 bridgehead atoms. The van der Waals surface area contributed by atoms with Crippen LogP contribution in [-0.4, -0.2) is 50.2 Å². The van der Waals surface area contributed by atoms with Crippen molar-refractivity contribution in [2.24, 2.45) is 5.92 Å². The summed E-state index contributed by atoms with van der Waals surface area (Å²) < 4.78 is 14.1. The zero-order valence-corrected chi connectivity index (χ0v) is 12.5. The topological polar surface area (TPSA) is 108 Å². The molecule has 0 aromatic carbocycles. The quantitative estimate of drug-likeness (QED) is 0.272. The van der Waals surface area contributed by atoms with Gasteiger partial charge in [-0.1, -0.05) is 6.92 Å². The molecule has 21 heavy (non-hydrogen) atoms. The molecule has 0 saturated carbocycles. The van der Waals surface area contributed by atoms with Crippen LogP contribution in [0, 0.1) is 5.92 Å². The molecule has 0 radical (unpaired) electrons. The molecule has 8 heteroatoms. The first-order valence-electron chi connectivity index (χ1n) is 6.74. The van der Waals surface area contributed by atoms with E-state index in [1.807, 2.05) is 0 Å². The number of nitrogens with one attached hydrogen (secondary N) is 1. The van der Waals surface area contributed by atoms with Gasteiger partial charge in [0.15, 0.2) is 0 Å². The summed E-state index contributed by atoms with van der Waals surface area (Å²) in [7, 11) is 0. The lowest BCUT2D eigenvalue weighted by Crippen LogP contribution is -2.43. The summed E-state index contributed by atoms with van der Waals surface area (Å²) in [6.45, 7) is 4.77.